The summed E-state index contributed by atoms with van der Waals surface area (Å²) in [5.41, 5.74) is 1.02. The van der Waals surface area contributed by atoms with Gasteiger partial charge >= 0.3 is 0 Å². The van der Waals surface area contributed by atoms with Gasteiger partial charge < -0.3 is 0 Å². The summed E-state index contributed by atoms with van der Waals surface area (Å²) in [4.78, 5) is 11.3. The third-order valence-electron chi connectivity index (χ3n) is 1.96. The first-order valence-electron chi connectivity index (χ1n) is 4.14. The summed E-state index contributed by atoms with van der Waals surface area (Å²) in [6, 6.07) is 0.00718. The van der Waals surface area contributed by atoms with Crippen LogP contribution in [0.1, 0.15) is 26.7 Å². The van der Waals surface area contributed by atoms with Gasteiger partial charge in [-0.1, -0.05) is 6.08 Å². The third-order valence-corrected chi connectivity index (χ3v) is 1.96. The van der Waals surface area contributed by atoms with Crippen molar-refractivity contribution in [3.05, 3.63) is 12.7 Å². The predicted octanol–water partition coefficient (Wildman–Crippen LogP) is 1.56. The Kier molecular flexibility index (Phi) is 2.63. The van der Waals surface area contributed by atoms with Gasteiger partial charge in [0.2, 0.25) is 5.91 Å². The second-order valence-electron chi connectivity index (χ2n) is 3.05. The van der Waals surface area contributed by atoms with Crippen LogP contribution in [-0.2, 0) is 4.79 Å². The molecule has 0 aliphatic carbocycles. The highest BCUT2D eigenvalue weighted by Crippen LogP contribution is 2.12. The van der Waals surface area contributed by atoms with E-state index in [1.807, 2.05) is 13.8 Å². The Balaban J connectivity index is 2.79. The fourth-order valence-corrected chi connectivity index (χ4v) is 1.11. The molecule has 0 saturated heterocycles. The van der Waals surface area contributed by atoms with Gasteiger partial charge in [0.1, 0.15) is 0 Å². The van der Waals surface area contributed by atoms with Gasteiger partial charge in [0.15, 0.2) is 0 Å². The summed E-state index contributed by atoms with van der Waals surface area (Å²) >= 11 is 0. The van der Waals surface area contributed by atoms with Crippen molar-refractivity contribution in [2.45, 2.75) is 32.7 Å². The molecular formula is C9H14N2O. The molecule has 1 rings (SSSR count). The molecule has 0 N–H and O–H groups in total. The van der Waals surface area contributed by atoms with E-state index in [0.717, 1.165) is 12.1 Å². The minimum atomic E-state index is 0.00718. The highest BCUT2D eigenvalue weighted by atomic mass is 16.2. The second-order valence-corrected chi connectivity index (χ2v) is 3.05. The van der Waals surface area contributed by atoms with Crippen molar-refractivity contribution in [1.29, 1.82) is 0 Å². The smallest absolute Gasteiger partial charge is 0.243 e. The van der Waals surface area contributed by atoms with E-state index in [9.17, 15) is 4.79 Å². The van der Waals surface area contributed by atoms with Crippen molar-refractivity contribution >= 4 is 11.6 Å². The van der Waals surface area contributed by atoms with Gasteiger partial charge in [-0.2, -0.15) is 5.10 Å². The first-order valence-corrected chi connectivity index (χ1v) is 4.14. The number of hydrogen-bond donors (Lipinski definition) is 0. The Bertz CT molecular complexity index is 233. The number of rotatable bonds is 2. The van der Waals surface area contributed by atoms with Gasteiger partial charge in [-0.05, 0) is 20.3 Å². The minimum Gasteiger partial charge on any atom is -0.273 e. The molecule has 3 nitrogen and oxygen atoms in total. The quantitative estimate of drug-likeness (QED) is 0.573. The van der Waals surface area contributed by atoms with Crippen molar-refractivity contribution in [2.24, 2.45) is 5.10 Å². The molecule has 0 bridgehead atoms. The Morgan fingerprint density at radius 3 is 2.92 bits per heavy atom. The van der Waals surface area contributed by atoms with Gasteiger partial charge in [-0.3, -0.25) is 4.79 Å². The van der Waals surface area contributed by atoms with Crippen LogP contribution in [0.15, 0.2) is 17.8 Å². The van der Waals surface area contributed by atoms with Gasteiger partial charge in [0, 0.05) is 12.1 Å². The van der Waals surface area contributed by atoms with Crippen LogP contribution < -0.4 is 0 Å². The second kappa shape index (κ2) is 3.52. The van der Waals surface area contributed by atoms with E-state index in [2.05, 4.69) is 11.7 Å². The van der Waals surface area contributed by atoms with E-state index in [0.29, 0.717) is 6.42 Å². The molecule has 1 atom stereocenters. The van der Waals surface area contributed by atoms with Crippen molar-refractivity contribution in [1.82, 2.24) is 5.01 Å². The first kappa shape index (κ1) is 8.97. The Hall–Kier alpha value is -1.12. The number of amides is 1. The molecule has 1 amide bonds. The Morgan fingerprint density at radius 2 is 2.33 bits per heavy atom. The van der Waals surface area contributed by atoms with E-state index in [1.165, 1.54) is 5.01 Å². The molecule has 0 radical (unpaired) electrons. The van der Waals surface area contributed by atoms with Gasteiger partial charge in [0.25, 0.3) is 0 Å². The topological polar surface area (TPSA) is 32.7 Å². The summed E-state index contributed by atoms with van der Waals surface area (Å²) in [6.07, 6.45) is 3.09. The molecule has 1 aliphatic heterocycles. The molecule has 0 aromatic heterocycles. The van der Waals surface area contributed by atoms with Gasteiger partial charge in [-0.25, -0.2) is 5.01 Å². The molecule has 1 aliphatic rings. The Morgan fingerprint density at radius 1 is 1.67 bits per heavy atom. The lowest BCUT2D eigenvalue weighted by atomic mass is 10.1. The summed E-state index contributed by atoms with van der Waals surface area (Å²) in [7, 11) is 0. The van der Waals surface area contributed by atoms with Crippen molar-refractivity contribution in [2.75, 3.05) is 0 Å². The highest BCUT2D eigenvalue weighted by molar-refractivity contribution is 5.91. The zero-order valence-corrected chi connectivity index (χ0v) is 7.58. The molecule has 0 aromatic carbocycles. The highest BCUT2D eigenvalue weighted by Gasteiger charge is 2.21. The molecular weight excluding hydrogens is 152 g/mol. The molecule has 0 spiro atoms. The van der Waals surface area contributed by atoms with Crippen molar-refractivity contribution in [3.63, 3.8) is 0 Å². The zero-order valence-electron chi connectivity index (χ0n) is 7.58. The van der Waals surface area contributed by atoms with E-state index in [4.69, 9.17) is 0 Å². The average Bonchev–Trinajstić information content (AvgIpc) is 2.08. The van der Waals surface area contributed by atoms with E-state index in [-0.39, 0.29) is 11.9 Å². The molecule has 0 fully saturated rings. The van der Waals surface area contributed by atoms with Crippen LogP contribution in [0.3, 0.4) is 0 Å². The number of nitrogens with zero attached hydrogens (tertiary/aromatic N) is 2. The summed E-state index contributed by atoms with van der Waals surface area (Å²) in [6.45, 7) is 7.48. The number of hydrazone groups is 1. The van der Waals surface area contributed by atoms with Crippen LogP contribution in [0, 0.1) is 0 Å². The van der Waals surface area contributed by atoms with Crippen molar-refractivity contribution in [3.8, 4) is 0 Å². The van der Waals surface area contributed by atoms with Crippen LogP contribution in [0.5, 0.6) is 0 Å². The summed E-state index contributed by atoms with van der Waals surface area (Å²) < 4.78 is 0. The standard InChI is InChI=1S/C9H14N2O/c1-4-8(3)11-9(12)6-5-7(2)10-11/h4,8H,1,5-6H2,2-3H3/t8-/m0/s1. The predicted molar refractivity (Wildman–Crippen MR) is 48.8 cm³/mol. The minimum absolute atomic E-state index is 0.00718. The number of hydrogen-bond acceptors (Lipinski definition) is 2. The third kappa shape index (κ3) is 1.72. The molecule has 0 saturated carbocycles. The molecule has 0 unspecified atom stereocenters. The molecule has 0 aromatic rings. The van der Waals surface area contributed by atoms with E-state index < -0.39 is 0 Å². The lowest BCUT2D eigenvalue weighted by Gasteiger charge is -2.25. The SMILES string of the molecule is C=C[C@H](C)N1N=C(C)CCC1=O. The molecule has 66 valence electrons. The summed E-state index contributed by atoms with van der Waals surface area (Å²) in [5.74, 6) is 0.0907. The fourth-order valence-electron chi connectivity index (χ4n) is 1.11. The average molecular weight is 166 g/mol. The fraction of sp³-hybridized carbons (Fsp3) is 0.556. The first-order chi connectivity index (χ1) is 5.65. The maximum Gasteiger partial charge on any atom is 0.243 e. The van der Waals surface area contributed by atoms with Crippen LogP contribution in [-0.4, -0.2) is 22.7 Å². The van der Waals surface area contributed by atoms with E-state index in [1.54, 1.807) is 6.08 Å². The largest absolute Gasteiger partial charge is 0.273 e. The Labute approximate surface area is 72.8 Å². The van der Waals surface area contributed by atoms with Gasteiger partial charge in [0.05, 0.1) is 6.04 Å². The number of carbonyl (C=O) groups excluding carboxylic acids is 1. The molecule has 1 heterocycles. The lowest BCUT2D eigenvalue weighted by molar-refractivity contribution is -0.132. The van der Waals surface area contributed by atoms with Crippen LogP contribution in [0.4, 0.5) is 0 Å². The van der Waals surface area contributed by atoms with Crippen molar-refractivity contribution < 1.29 is 4.79 Å². The maximum absolute atomic E-state index is 11.3. The molecule has 12 heavy (non-hydrogen) atoms. The summed E-state index contributed by atoms with van der Waals surface area (Å²) in [5, 5.41) is 5.67. The lowest BCUT2D eigenvalue weighted by Crippen LogP contribution is -2.36. The van der Waals surface area contributed by atoms with Crippen LogP contribution >= 0.6 is 0 Å². The van der Waals surface area contributed by atoms with E-state index >= 15 is 0 Å². The normalized spacial score (nSPS) is 20.3. The zero-order chi connectivity index (χ0) is 9.14. The monoisotopic (exact) mass is 166 g/mol. The maximum atomic E-state index is 11.3. The van der Waals surface area contributed by atoms with Crippen LogP contribution in [0.25, 0.3) is 0 Å². The van der Waals surface area contributed by atoms with Gasteiger partial charge in [-0.15, -0.1) is 6.58 Å². The van der Waals surface area contributed by atoms with Crippen LogP contribution in [0.2, 0.25) is 0 Å². The number of carbonyl (C=O) groups is 1. The molecule has 3 heteroatoms.